The van der Waals surface area contributed by atoms with Gasteiger partial charge in [0, 0.05) is 18.0 Å². The minimum absolute atomic E-state index is 0.363. The first kappa shape index (κ1) is 11.1. The van der Waals surface area contributed by atoms with Gasteiger partial charge in [0.05, 0.1) is 11.4 Å². The maximum absolute atomic E-state index is 11.7. The predicted octanol–water partition coefficient (Wildman–Crippen LogP) is 2.79. The lowest BCUT2D eigenvalue weighted by Gasteiger charge is -2.20. The van der Waals surface area contributed by atoms with Gasteiger partial charge in [-0.1, -0.05) is 0 Å². The van der Waals surface area contributed by atoms with Crippen molar-refractivity contribution in [3.8, 4) is 0 Å². The van der Waals surface area contributed by atoms with Crippen molar-refractivity contribution in [3.05, 3.63) is 16.6 Å². The summed E-state index contributed by atoms with van der Waals surface area (Å²) in [6.07, 6.45) is 5.51. The van der Waals surface area contributed by atoms with Crippen molar-refractivity contribution in [1.82, 2.24) is 4.98 Å². The average Bonchev–Trinajstić information content (AvgIpc) is 2.71. The molecule has 82 valence electrons. The Kier molecular flexibility index (Phi) is 4.20. The Bertz CT molecular complexity index is 304. The number of carbonyl (C=O) groups excluding carboxylic acids is 1. The fourth-order valence-electron chi connectivity index (χ4n) is 1.85. The smallest absolute Gasteiger partial charge is 0.139 e. The van der Waals surface area contributed by atoms with E-state index in [1.807, 2.05) is 17.1 Å². The normalized spacial score (nSPS) is 17.9. The molecule has 0 saturated carbocycles. The molecule has 2 nitrogen and oxygen atoms in total. The zero-order chi connectivity index (χ0) is 10.5. The van der Waals surface area contributed by atoms with Gasteiger partial charge in [-0.3, -0.25) is 4.79 Å². The molecule has 0 aliphatic carbocycles. The number of Topliss-reactive ketones (excluding diaryl/α,β-unsaturated/α-hetero) is 1. The summed E-state index contributed by atoms with van der Waals surface area (Å²) in [4.78, 5) is 15.9. The minimum Gasteiger partial charge on any atom is -0.299 e. The zero-order valence-electron chi connectivity index (χ0n) is 8.65. The van der Waals surface area contributed by atoms with Gasteiger partial charge in [-0.25, -0.2) is 4.98 Å². The van der Waals surface area contributed by atoms with E-state index >= 15 is 0 Å². The lowest BCUT2D eigenvalue weighted by atomic mass is 9.95. The van der Waals surface area contributed by atoms with Crippen LogP contribution in [0.5, 0.6) is 0 Å². The highest BCUT2D eigenvalue weighted by Crippen LogP contribution is 2.25. The summed E-state index contributed by atoms with van der Waals surface area (Å²) in [5, 5.41) is 2.89. The largest absolute Gasteiger partial charge is 0.299 e. The van der Waals surface area contributed by atoms with Gasteiger partial charge in [0.2, 0.25) is 0 Å². The van der Waals surface area contributed by atoms with Crippen molar-refractivity contribution < 1.29 is 4.79 Å². The fraction of sp³-hybridized carbons (Fsp3) is 0.636. The summed E-state index contributed by atoms with van der Waals surface area (Å²) < 4.78 is 0. The standard InChI is InChI=1S/C11H15NOS2/c13-10(8-11-12-3-6-15-11)7-9-1-4-14-5-2-9/h3,6,9H,1-2,4-5,7-8H2. The highest BCUT2D eigenvalue weighted by Gasteiger charge is 2.17. The molecule has 0 radical (unpaired) electrons. The number of aromatic nitrogens is 1. The summed E-state index contributed by atoms with van der Waals surface area (Å²) in [5.74, 6) is 3.46. The molecule has 0 amide bonds. The second-order valence-electron chi connectivity index (χ2n) is 3.90. The molecule has 0 aromatic carbocycles. The van der Waals surface area contributed by atoms with E-state index in [4.69, 9.17) is 0 Å². The van der Waals surface area contributed by atoms with Crippen molar-refractivity contribution >= 4 is 28.9 Å². The molecule has 15 heavy (non-hydrogen) atoms. The summed E-state index contributed by atoms with van der Waals surface area (Å²) in [7, 11) is 0. The summed E-state index contributed by atoms with van der Waals surface area (Å²) in [6, 6.07) is 0. The van der Waals surface area contributed by atoms with E-state index in [1.54, 1.807) is 17.5 Å². The lowest BCUT2D eigenvalue weighted by molar-refractivity contribution is -0.119. The van der Waals surface area contributed by atoms with Gasteiger partial charge < -0.3 is 0 Å². The molecule has 1 aliphatic rings. The first-order valence-corrected chi connectivity index (χ1v) is 7.36. The molecule has 2 heterocycles. The predicted molar refractivity (Wildman–Crippen MR) is 65.5 cm³/mol. The molecule has 0 unspecified atom stereocenters. The van der Waals surface area contributed by atoms with Crippen LogP contribution in [0.1, 0.15) is 24.3 Å². The number of carbonyl (C=O) groups is 1. The number of thioether (sulfide) groups is 1. The van der Waals surface area contributed by atoms with Gasteiger partial charge >= 0.3 is 0 Å². The Morgan fingerprint density at radius 1 is 1.47 bits per heavy atom. The van der Waals surface area contributed by atoms with Crippen molar-refractivity contribution in [2.75, 3.05) is 11.5 Å². The van der Waals surface area contributed by atoms with E-state index in [0.717, 1.165) is 11.4 Å². The van der Waals surface area contributed by atoms with Crippen LogP contribution in [0, 0.1) is 5.92 Å². The molecule has 1 fully saturated rings. The Morgan fingerprint density at radius 2 is 2.27 bits per heavy atom. The summed E-state index contributed by atoms with van der Waals surface area (Å²) >= 11 is 3.59. The Labute approximate surface area is 98.5 Å². The summed E-state index contributed by atoms with van der Waals surface area (Å²) in [6.45, 7) is 0. The number of nitrogens with zero attached hydrogens (tertiary/aromatic N) is 1. The first-order valence-electron chi connectivity index (χ1n) is 5.32. The van der Waals surface area contributed by atoms with Gasteiger partial charge in [-0.2, -0.15) is 11.8 Å². The third-order valence-corrected chi connectivity index (χ3v) is 4.52. The van der Waals surface area contributed by atoms with Crippen LogP contribution >= 0.6 is 23.1 Å². The lowest BCUT2D eigenvalue weighted by Crippen LogP contribution is -2.15. The van der Waals surface area contributed by atoms with Gasteiger partial charge in [0.1, 0.15) is 5.78 Å². The molecule has 1 aromatic rings. The molecule has 2 rings (SSSR count). The monoisotopic (exact) mass is 241 g/mol. The maximum Gasteiger partial charge on any atom is 0.139 e. The van der Waals surface area contributed by atoms with Gasteiger partial charge in [-0.05, 0) is 30.3 Å². The zero-order valence-corrected chi connectivity index (χ0v) is 10.3. The quantitative estimate of drug-likeness (QED) is 0.812. The fourth-order valence-corrected chi connectivity index (χ4v) is 3.70. The average molecular weight is 241 g/mol. The number of rotatable bonds is 4. The van der Waals surface area contributed by atoms with E-state index < -0.39 is 0 Å². The molecule has 0 spiro atoms. The van der Waals surface area contributed by atoms with Gasteiger partial charge in [-0.15, -0.1) is 11.3 Å². The second-order valence-corrected chi connectivity index (χ2v) is 6.11. The molecule has 0 bridgehead atoms. The van der Waals surface area contributed by atoms with Gasteiger partial charge in [0.15, 0.2) is 0 Å². The topological polar surface area (TPSA) is 30.0 Å². The van der Waals surface area contributed by atoms with Crippen LogP contribution in [0.15, 0.2) is 11.6 Å². The van der Waals surface area contributed by atoms with Crippen LogP contribution in [-0.4, -0.2) is 22.3 Å². The van der Waals surface area contributed by atoms with E-state index in [-0.39, 0.29) is 0 Å². The van der Waals surface area contributed by atoms with E-state index in [0.29, 0.717) is 18.1 Å². The number of thiazole rings is 1. The number of hydrogen-bond acceptors (Lipinski definition) is 4. The molecule has 1 aliphatic heterocycles. The van der Waals surface area contributed by atoms with Crippen molar-refractivity contribution in [2.45, 2.75) is 25.7 Å². The molecular weight excluding hydrogens is 226 g/mol. The third kappa shape index (κ3) is 3.61. The van der Waals surface area contributed by atoms with Crippen molar-refractivity contribution in [2.24, 2.45) is 5.92 Å². The highest BCUT2D eigenvalue weighted by molar-refractivity contribution is 7.99. The minimum atomic E-state index is 0.363. The molecular formula is C11H15NOS2. The SMILES string of the molecule is O=C(Cc1nccs1)CC1CCSCC1. The van der Waals surface area contributed by atoms with Gasteiger partial charge in [0.25, 0.3) is 0 Å². The Hall–Kier alpha value is -0.350. The third-order valence-electron chi connectivity index (χ3n) is 2.69. The van der Waals surface area contributed by atoms with Crippen LogP contribution in [0.2, 0.25) is 0 Å². The second kappa shape index (κ2) is 5.66. The molecule has 1 aromatic heterocycles. The highest BCUT2D eigenvalue weighted by atomic mass is 32.2. The Balaban J connectivity index is 1.76. The molecule has 1 saturated heterocycles. The first-order chi connectivity index (χ1) is 7.34. The van der Waals surface area contributed by atoms with Crippen LogP contribution < -0.4 is 0 Å². The molecule has 4 heteroatoms. The van der Waals surface area contributed by atoms with Crippen molar-refractivity contribution in [1.29, 1.82) is 0 Å². The van der Waals surface area contributed by atoms with Crippen LogP contribution in [-0.2, 0) is 11.2 Å². The van der Waals surface area contributed by atoms with Crippen LogP contribution in [0.3, 0.4) is 0 Å². The number of ketones is 1. The Morgan fingerprint density at radius 3 is 2.93 bits per heavy atom. The van der Waals surface area contributed by atoms with Crippen LogP contribution in [0.25, 0.3) is 0 Å². The van der Waals surface area contributed by atoms with E-state index in [1.165, 1.54) is 24.3 Å². The van der Waals surface area contributed by atoms with E-state index in [9.17, 15) is 4.79 Å². The summed E-state index contributed by atoms with van der Waals surface area (Å²) in [5.41, 5.74) is 0. The van der Waals surface area contributed by atoms with E-state index in [2.05, 4.69) is 4.98 Å². The maximum atomic E-state index is 11.7. The molecule has 0 N–H and O–H groups in total. The molecule has 0 atom stereocenters. The van der Waals surface area contributed by atoms with Crippen LogP contribution in [0.4, 0.5) is 0 Å². The van der Waals surface area contributed by atoms with Crippen molar-refractivity contribution in [3.63, 3.8) is 0 Å². The number of hydrogen-bond donors (Lipinski definition) is 0.